The van der Waals surface area contributed by atoms with Crippen molar-refractivity contribution in [3.05, 3.63) is 76.3 Å². The highest BCUT2D eigenvalue weighted by Crippen LogP contribution is 2.40. The van der Waals surface area contributed by atoms with Crippen molar-refractivity contribution >= 4 is 11.8 Å². The normalized spacial score (nSPS) is 22.6. The molecule has 4 heterocycles. The van der Waals surface area contributed by atoms with Crippen molar-refractivity contribution in [3.8, 4) is 17.0 Å². The van der Waals surface area contributed by atoms with Gasteiger partial charge in [-0.05, 0) is 93.0 Å². The first-order chi connectivity index (χ1) is 21.3. The number of nitrogens with zero attached hydrogens (tertiary/aromatic N) is 3. The van der Waals surface area contributed by atoms with Gasteiger partial charge in [0.2, 0.25) is 0 Å². The second kappa shape index (κ2) is 12.9. The van der Waals surface area contributed by atoms with Crippen molar-refractivity contribution in [1.82, 2.24) is 9.88 Å². The maximum Gasteiger partial charge on any atom is 0.311 e. The average Bonchev–Trinajstić information content (AvgIpc) is 3.38. The van der Waals surface area contributed by atoms with Crippen LogP contribution in [0.3, 0.4) is 0 Å². The largest absolute Gasteiger partial charge is 0.488 e. The van der Waals surface area contributed by atoms with Gasteiger partial charge in [-0.25, -0.2) is 4.98 Å². The van der Waals surface area contributed by atoms with Crippen LogP contribution in [-0.2, 0) is 33.8 Å². The Hall–Kier alpha value is -3.46. The lowest BCUT2D eigenvalue weighted by Gasteiger charge is -2.38. The average molecular weight is 600 g/mol. The highest BCUT2D eigenvalue weighted by molar-refractivity contribution is 5.77. The van der Waals surface area contributed by atoms with Gasteiger partial charge >= 0.3 is 5.97 Å². The van der Waals surface area contributed by atoms with E-state index in [-0.39, 0.29) is 6.04 Å². The van der Waals surface area contributed by atoms with Crippen molar-refractivity contribution in [2.45, 2.75) is 71.7 Å². The van der Waals surface area contributed by atoms with Gasteiger partial charge in [0, 0.05) is 51.6 Å². The number of benzene rings is 2. The van der Waals surface area contributed by atoms with E-state index in [2.05, 4.69) is 47.9 Å². The smallest absolute Gasteiger partial charge is 0.311 e. The molecule has 8 heteroatoms. The zero-order chi connectivity index (χ0) is 30.8. The van der Waals surface area contributed by atoms with Gasteiger partial charge in [0.05, 0.1) is 23.8 Å². The number of fused-ring (bicyclic) bond motifs is 1. The van der Waals surface area contributed by atoms with Crippen molar-refractivity contribution in [2.24, 2.45) is 5.41 Å². The predicted octanol–water partition coefficient (Wildman–Crippen LogP) is 5.80. The number of anilines is 1. The maximum atomic E-state index is 12.2. The van der Waals surface area contributed by atoms with Crippen LogP contribution in [0.15, 0.2) is 48.5 Å². The Balaban J connectivity index is 1.21. The first-order valence-corrected chi connectivity index (χ1v) is 15.9. The van der Waals surface area contributed by atoms with Gasteiger partial charge in [-0.15, -0.1) is 0 Å². The number of hydrogen-bond donors (Lipinski definition) is 1. The van der Waals surface area contributed by atoms with Gasteiger partial charge in [-0.1, -0.05) is 29.8 Å². The summed E-state index contributed by atoms with van der Waals surface area (Å²) in [4.78, 5) is 22.0. The zero-order valence-corrected chi connectivity index (χ0v) is 26.5. The molecule has 1 aromatic heterocycles. The summed E-state index contributed by atoms with van der Waals surface area (Å²) in [7, 11) is 1.62. The fourth-order valence-corrected chi connectivity index (χ4v) is 7.25. The second-order valence-electron chi connectivity index (χ2n) is 12.9. The molecule has 2 fully saturated rings. The molecule has 2 saturated heterocycles. The highest BCUT2D eigenvalue weighted by atomic mass is 16.5. The number of aromatic nitrogens is 1. The number of carbonyl (C=O) groups is 1. The molecule has 0 bridgehead atoms. The van der Waals surface area contributed by atoms with Gasteiger partial charge in [0.15, 0.2) is 0 Å². The van der Waals surface area contributed by atoms with Crippen LogP contribution < -0.4 is 9.64 Å². The van der Waals surface area contributed by atoms with Crippen molar-refractivity contribution in [2.75, 3.05) is 44.9 Å². The summed E-state index contributed by atoms with van der Waals surface area (Å²) in [6.45, 7) is 11.4. The first-order valence-electron chi connectivity index (χ1n) is 15.9. The van der Waals surface area contributed by atoms with E-state index in [1.807, 2.05) is 24.3 Å². The van der Waals surface area contributed by atoms with Crippen molar-refractivity contribution in [1.29, 1.82) is 0 Å². The minimum Gasteiger partial charge on any atom is -0.488 e. The van der Waals surface area contributed by atoms with E-state index in [0.29, 0.717) is 32.2 Å². The Morgan fingerprint density at radius 3 is 2.70 bits per heavy atom. The SMILES string of the molecule is COCC1N(c2cccc(-c3cc(C)ccc3OCc3cc(C)c4c(c3)CCN(C3CCOCC3)C4)n2)CC[C@@]1(C)C(=O)O. The zero-order valence-electron chi connectivity index (χ0n) is 26.5. The molecule has 0 aliphatic carbocycles. The third-order valence-electron chi connectivity index (χ3n) is 9.99. The minimum atomic E-state index is -0.901. The Kier molecular flexibility index (Phi) is 8.94. The molecule has 3 aliphatic rings. The number of aliphatic carboxylic acids is 1. The monoisotopic (exact) mass is 599 g/mol. The van der Waals surface area contributed by atoms with E-state index in [4.69, 9.17) is 19.2 Å². The number of ether oxygens (including phenoxy) is 3. The number of hydrogen-bond acceptors (Lipinski definition) is 7. The van der Waals surface area contributed by atoms with Crippen molar-refractivity contribution < 1.29 is 24.1 Å². The summed E-state index contributed by atoms with van der Waals surface area (Å²) >= 11 is 0. The topological polar surface area (TPSA) is 84.4 Å². The van der Waals surface area contributed by atoms with E-state index in [9.17, 15) is 9.90 Å². The molecule has 8 nitrogen and oxygen atoms in total. The van der Waals surface area contributed by atoms with Crippen LogP contribution in [0.4, 0.5) is 5.82 Å². The first kappa shape index (κ1) is 30.6. The van der Waals surface area contributed by atoms with Crippen LogP contribution in [0.5, 0.6) is 5.75 Å². The summed E-state index contributed by atoms with van der Waals surface area (Å²) < 4.78 is 17.6. The number of carboxylic acid groups (broad SMARTS) is 1. The number of methoxy groups -OCH3 is 1. The third-order valence-corrected chi connectivity index (χ3v) is 9.99. The van der Waals surface area contributed by atoms with Crippen LogP contribution in [0.1, 0.15) is 54.0 Å². The summed E-state index contributed by atoms with van der Waals surface area (Å²) in [5.41, 5.74) is 7.37. The fourth-order valence-electron chi connectivity index (χ4n) is 7.25. The molecule has 2 aromatic carbocycles. The quantitative estimate of drug-likeness (QED) is 0.331. The van der Waals surface area contributed by atoms with Gasteiger partial charge in [0.1, 0.15) is 18.2 Å². The number of rotatable bonds is 9. The molecule has 0 saturated carbocycles. The van der Waals surface area contributed by atoms with Gasteiger partial charge in [-0.3, -0.25) is 9.69 Å². The van der Waals surface area contributed by atoms with Gasteiger partial charge < -0.3 is 24.2 Å². The fraction of sp³-hybridized carbons (Fsp3) is 0.500. The standard InChI is InChI=1S/C36H45N3O5/c1-24-8-9-32(44-22-26-19-25(2)30-21-38(14-10-27(30)20-26)28-11-16-43-17-12-28)29(18-24)31-6-5-7-34(37-31)39-15-13-36(3,35(40)41)33(39)23-42-4/h5-9,18-20,28,33H,10-17,21-23H2,1-4H3,(H,40,41)/t33?,36-/m1/s1. The molecule has 2 atom stereocenters. The molecule has 44 heavy (non-hydrogen) atoms. The van der Waals surface area contributed by atoms with Crippen LogP contribution in [0.25, 0.3) is 11.3 Å². The van der Waals surface area contributed by atoms with Crippen LogP contribution in [-0.4, -0.2) is 73.1 Å². The summed E-state index contributed by atoms with van der Waals surface area (Å²) in [5, 5.41) is 10.0. The lowest BCUT2D eigenvalue weighted by atomic mass is 9.83. The van der Waals surface area contributed by atoms with Crippen LogP contribution in [0, 0.1) is 19.3 Å². The lowest BCUT2D eigenvalue weighted by Crippen LogP contribution is -2.46. The Bertz CT molecular complexity index is 1500. The molecular formula is C36H45N3O5. The molecular weight excluding hydrogens is 554 g/mol. The van der Waals surface area contributed by atoms with Gasteiger partial charge in [-0.2, -0.15) is 0 Å². The summed E-state index contributed by atoms with van der Waals surface area (Å²) in [6, 6.07) is 17.1. The van der Waals surface area contributed by atoms with E-state index in [1.165, 1.54) is 22.3 Å². The van der Waals surface area contributed by atoms with E-state index < -0.39 is 11.4 Å². The molecule has 0 radical (unpaired) electrons. The minimum absolute atomic E-state index is 0.308. The predicted molar refractivity (Wildman–Crippen MR) is 171 cm³/mol. The lowest BCUT2D eigenvalue weighted by molar-refractivity contribution is -0.148. The van der Waals surface area contributed by atoms with E-state index in [1.54, 1.807) is 14.0 Å². The van der Waals surface area contributed by atoms with Crippen molar-refractivity contribution in [3.63, 3.8) is 0 Å². The Labute approximate surface area is 260 Å². The molecule has 1 unspecified atom stereocenters. The Morgan fingerprint density at radius 1 is 1.11 bits per heavy atom. The second-order valence-corrected chi connectivity index (χ2v) is 12.9. The number of aryl methyl sites for hydroxylation is 2. The highest BCUT2D eigenvalue weighted by Gasteiger charge is 2.50. The molecule has 3 aromatic rings. The molecule has 0 spiro atoms. The van der Waals surface area contributed by atoms with E-state index >= 15 is 0 Å². The molecule has 6 rings (SSSR count). The summed E-state index contributed by atoms with van der Waals surface area (Å²) in [5.74, 6) is 0.732. The van der Waals surface area contributed by atoms with Crippen LogP contribution >= 0.6 is 0 Å². The van der Waals surface area contributed by atoms with E-state index in [0.717, 1.165) is 74.0 Å². The number of carboxylic acids is 1. The maximum absolute atomic E-state index is 12.2. The third kappa shape index (κ3) is 6.08. The molecule has 3 aliphatic heterocycles. The summed E-state index contributed by atoms with van der Waals surface area (Å²) in [6.07, 6.45) is 3.86. The van der Waals surface area contributed by atoms with Gasteiger partial charge in [0.25, 0.3) is 0 Å². The molecule has 1 N–H and O–H groups in total. The number of pyridine rings is 1. The van der Waals surface area contributed by atoms with Crippen LogP contribution in [0.2, 0.25) is 0 Å². The molecule has 234 valence electrons. The Morgan fingerprint density at radius 2 is 1.93 bits per heavy atom. The molecule has 0 amide bonds.